The molecule has 5 heteroatoms. The van der Waals surface area contributed by atoms with Crippen LogP contribution in [0.2, 0.25) is 0 Å². The second-order valence-corrected chi connectivity index (χ2v) is 9.24. The van der Waals surface area contributed by atoms with Gasteiger partial charge in [-0.05, 0) is 79.5 Å². The van der Waals surface area contributed by atoms with Crippen molar-refractivity contribution in [3.05, 3.63) is 59.2 Å². The summed E-state index contributed by atoms with van der Waals surface area (Å²) in [5.74, 6) is 0.819. The zero-order chi connectivity index (χ0) is 18.2. The van der Waals surface area contributed by atoms with E-state index in [-0.39, 0.29) is 5.41 Å². The average molecular weight is 372 g/mol. The molecule has 4 nitrogen and oxygen atoms in total. The molecular weight excluding hydrogens is 346 g/mol. The van der Waals surface area contributed by atoms with Gasteiger partial charge in [0.1, 0.15) is 5.75 Å². The standard InChI is InChI=1S/C21H25NO3S/c1-25-19-9-7-18(8-10-19)21(12-13-21)15-22-26(23,24)20-11-6-16-4-2-3-5-17(16)14-20/h6-11,14,22H,2-5,12-13,15H2,1H3. The summed E-state index contributed by atoms with van der Waals surface area (Å²) < 4.78 is 33.6. The molecule has 0 radical (unpaired) electrons. The van der Waals surface area contributed by atoms with Crippen LogP contribution in [0.4, 0.5) is 0 Å². The molecule has 0 atom stereocenters. The molecular formula is C21H25NO3S. The highest BCUT2D eigenvalue weighted by Crippen LogP contribution is 2.48. The lowest BCUT2D eigenvalue weighted by atomic mass is 9.92. The first-order chi connectivity index (χ1) is 12.5. The fraction of sp³-hybridized carbons (Fsp3) is 0.429. The number of rotatable bonds is 6. The van der Waals surface area contributed by atoms with Crippen molar-refractivity contribution < 1.29 is 13.2 Å². The van der Waals surface area contributed by atoms with Gasteiger partial charge in [-0.25, -0.2) is 13.1 Å². The minimum atomic E-state index is -3.48. The van der Waals surface area contributed by atoms with E-state index in [0.29, 0.717) is 11.4 Å². The van der Waals surface area contributed by atoms with Crippen LogP contribution in [0.1, 0.15) is 42.4 Å². The zero-order valence-electron chi connectivity index (χ0n) is 15.1. The molecule has 2 aliphatic carbocycles. The molecule has 0 spiro atoms. The number of aryl methyl sites for hydroxylation is 2. The van der Waals surface area contributed by atoms with Crippen LogP contribution in [-0.4, -0.2) is 22.1 Å². The third kappa shape index (κ3) is 3.38. The summed E-state index contributed by atoms with van der Waals surface area (Å²) in [6, 6.07) is 13.6. The summed E-state index contributed by atoms with van der Waals surface area (Å²) >= 11 is 0. The van der Waals surface area contributed by atoms with Crippen LogP contribution in [-0.2, 0) is 28.3 Å². The van der Waals surface area contributed by atoms with Gasteiger partial charge in [0, 0.05) is 12.0 Å². The highest BCUT2D eigenvalue weighted by molar-refractivity contribution is 7.89. The summed E-state index contributed by atoms with van der Waals surface area (Å²) in [6.07, 6.45) is 6.39. The van der Waals surface area contributed by atoms with Gasteiger partial charge in [-0.1, -0.05) is 18.2 Å². The van der Waals surface area contributed by atoms with Gasteiger partial charge in [0.2, 0.25) is 10.0 Å². The lowest BCUT2D eigenvalue weighted by Gasteiger charge is -2.19. The van der Waals surface area contributed by atoms with E-state index in [1.54, 1.807) is 13.2 Å². The highest BCUT2D eigenvalue weighted by Gasteiger charge is 2.44. The van der Waals surface area contributed by atoms with Gasteiger partial charge >= 0.3 is 0 Å². The summed E-state index contributed by atoms with van der Waals surface area (Å²) in [5, 5.41) is 0. The molecule has 0 aromatic heterocycles. The second-order valence-electron chi connectivity index (χ2n) is 7.47. The van der Waals surface area contributed by atoms with E-state index in [2.05, 4.69) is 4.72 Å². The Morgan fingerprint density at radius 3 is 2.35 bits per heavy atom. The van der Waals surface area contributed by atoms with Crippen molar-refractivity contribution in [2.45, 2.75) is 48.8 Å². The van der Waals surface area contributed by atoms with Crippen molar-refractivity contribution in [3.63, 3.8) is 0 Å². The van der Waals surface area contributed by atoms with Crippen molar-refractivity contribution in [1.29, 1.82) is 0 Å². The molecule has 2 aliphatic rings. The van der Waals surface area contributed by atoms with E-state index >= 15 is 0 Å². The van der Waals surface area contributed by atoms with Crippen LogP contribution in [0.25, 0.3) is 0 Å². The van der Waals surface area contributed by atoms with Crippen molar-refractivity contribution in [3.8, 4) is 5.75 Å². The number of nitrogens with one attached hydrogen (secondary N) is 1. The predicted molar refractivity (Wildman–Crippen MR) is 102 cm³/mol. The average Bonchev–Trinajstić information content (AvgIpc) is 3.47. The van der Waals surface area contributed by atoms with Gasteiger partial charge in [-0.15, -0.1) is 0 Å². The first-order valence-electron chi connectivity index (χ1n) is 9.28. The Kier molecular flexibility index (Phi) is 4.53. The third-order valence-electron chi connectivity index (χ3n) is 5.79. The lowest BCUT2D eigenvalue weighted by molar-refractivity contribution is 0.414. The van der Waals surface area contributed by atoms with Crippen LogP contribution in [0.5, 0.6) is 5.75 Å². The Labute approximate surface area is 155 Å². The molecule has 138 valence electrons. The van der Waals surface area contributed by atoms with Gasteiger partial charge in [0.05, 0.1) is 12.0 Å². The van der Waals surface area contributed by atoms with Crippen LogP contribution in [0, 0.1) is 0 Å². The minimum absolute atomic E-state index is 0.0758. The monoisotopic (exact) mass is 371 g/mol. The van der Waals surface area contributed by atoms with E-state index in [1.165, 1.54) is 23.1 Å². The summed E-state index contributed by atoms with van der Waals surface area (Å²) in [4.78, 5) is 0.392. The van der Waals surface area contributed by atoms with E-state index in [9.17, 15) is 8.42 Å². The molecule has 0 saturated heterocycles. The number of benzene rings is 2. The zero-order valence-corrected chi connectivity index (χ0v) is 15.9. The first-order valence-corrected chi connectivity index (χ1v) is 10.8. The maximum absolute atomic E-state index is 12.8. The smallest absolute Gasteiger partial charge is 0.240 e. The molecule has 2 aromatic rings. The normalized spacial score (nSPS) is 18.2. The van der Waals surface area contributed by atoms with Crippen molar-refractivity contribution >= 4 is 10.0 Å². The first kappa shape index (κ1) is 17.6. The largest absolute Gasteiger partial charge is 0.497 e. The van der Waals surface area contributed by atoms with Gasteiger partial charge in [-0.3, -0.25) is 0 Å². The SMILES string of the molecule is COc1ccc(C2(CNS(=O)(=O)c3ccc4c(c3)CCCC4)CC2)cc1. The fourth-order valence-corrected chi connectivity index (χ4v) is 5.03. The Morgan fingerprint density at radius 1 is 1.00 bits per heavy atom. The number of hydrogen-bond acceptors (Lipinski definition) is 3. The molecule has 26 heavy (non-hydrogen) atoms. The van der Waals surface area contributed by atoms with E-state index < -0.39 is 10.0 Å². The number of sulfonamides is 1. The molecule has 0 heterocycles. The Balaban J connectivity index is 1.49. The molecule has 0 amide bonds. The summed E-state index contributed by atoms with van der Waals surface area (Å²) in [5.41, 5.74) is 3.59. The topological polar surface area (TPSA) is 55.4 Å². The molecule has 1 N–H and O–H groups in total. The van der Waals surface area contributed by atoms with Gasteiger partial charge in [0.15, 0.2) is 0 Å². The maximum Gasteiger partial charge on any atom is 0.240 e. The van der Waals surface area contributed by atoms with Crippen molar-refractivity contribution in [2.24, 2.45) is 0 Å². The molecule has 0 aliphatic heterocycles. The second kappa shape index (κ2) is 6.71. The number of methoxy groups -OCH3 is 1. The Hall–Kier alpha value is -1.85. The molecule has 1 fully saturated rings. The van der Waals surface area contributed by atoms with E-state index in [0.717, 1.165) is 37.9 Å². The van der Waals surface area contributed by atoms with E-state index in [4.69, 9.17) is 4.74 Å². The highest BCUT2D eigenvalue weighted by atomic mass is 32.2. The van der Waals surface area contributed by atoms with Crippen LogP contribution < -0.4 is 9.46 Å². The predicted octanol–water partition coefficient (Wildman–Crippen LogP) is 3.58. The minimum Gasteiger partial charge on any atom is -0.497 e. The molecule has 1 saturated carbocycles. The maximum atomic E-state index is 12.8. The van der Waals surface area contributed by atoms with Gasteiger partial charge in [-0.2, -0.15) is 0 Å². The van der Waals surface area contributed by atoms with Gasteiger partial charge < -0.3 is 4.74 Å². The molecule has 0 bridgehead atoms. The van der Waals surface area contributed by atoms with Crippen LogP contribution in [0.15, 0.2) is 47.4 Å². The summed E-state index contributed by atoms with van der Waals surface area (Å²) in [7, 11) is -1.84. The van der Waals surface area contributed by atoms with Crippen LogP contribution >= 0.6 is 0 Å². The number of ether oxygens (including phenoxy) is 1. The molecule has 2 aromatic carbocycles. The molecule has 4 rings (SSSR count). The molecule has 0 unspecified atom stereocenters. The van der Waals surface area contributed by atoms with E-state index in [1.807, 2.05) is 36.4 Å². The van der Waals surface area contributed by atoms with Crippen LogP contribution in [0.3, 0.4) is 0 Å². The summed E-state index contributed by atoms with van der Waals surface area (Å²) in [6.45, 7) is 0.443. The number of hydrogen-bond donors (Lipinski definition) is 1. The third-order valence-corrected chi connectivity index (χ3v) is 7.19. The van der Waals surface area contributed by atoms with Crippen molar-refractivity contribution in [2.75, 3.05) is 13.7 Å². The Bertz CT molecular complexity index is 899. The quantitative estimate of drug-likeness (QED) is 0.844. The van der Waals surface area contributed by atoms with Gasteiger partial charge in [0.25, 0.3) is 0 Å². The fourth-order valence-electron chi connectivity index (χ4n) is 3.86. The number of fused-ring (bicyclic) bond motifs is 1. The Morgan fingerprint density at radius 2 is 1.69 bits per heavy atom. The van der Waals surface area contributed by atoms with Crippen molar-refractivity contribution in [1.82, 2.24) is 4.72 Å². The lowest BCUT2D eigenvalue weighted by Crippen LogP contribution is -2.32.